The van der Waals surface area contributed by atoms with Crippen molar-refractivity contribution >= 4 is 5.97 Å². The van der Waals surface area contributed by atoms with Crippen LogP contribution in [0.5, 0.6) is 0 Å². The lowest BCUT2D eigenvalue weighted by atomic mass is 9.98. The number of aliphatic hydroxyl groups is 7. The van der Waals surface area contributed by atoms with Gasteiger partial charge < -0.3 is 64.2 Å². The largest absolute Gasteiger partial charge is 0.457 e. The van der Waals surface area contributed by atoms with Crippen LogP contribution in [0.25, 0.3) is 0 Å². The average Bonchev–Trinajstić information content (AvgIpc) is 3.36. The molecule has 0 spiro atoms. The Labute approximate surface area is 420 Å². The molecule has 0 aromatic rings. The lowest BCUT2D eigenvalue weighted by molar-refractivity contribution is -0.332. The Bertz CT molecular complexity index is 1520. The molecule has 0 saturated carbocycles. The van der Waals surface area contributed by atoms with E-state index in [9.17, 15) is 40.5 Å². The molecule has 2 fully saturated rings. The molecule has 14 nitrogen and oxygen atoms in total. The Morgan fingerprint density at radius 3 is 1.47 bits per heavy atom. The molecule has 0 bridgehead atoms. The molecule has 0 aromatic carbocycles. The zero-order chi connectivity index (χ0) is 50.9. The lowest BCUT2D eigenvalue weighted by Crippen LogP contribution is -2.61. The first-order valence-electron chi connectivity index (χ1n) is 26.3. The summed E-state index contributed by atoms with van der Waals surface area (Å²) in [6, 6.07) is 0. The van der Waals surface area contributed by atoms with Crippen molar-refractivity contribution in [1.82, 2.24) is 0 Å². The van der Waals surface area contributed by atoms with Gasteiger partial charge in [0.05, 0.1) is 26.4 Å². The van der Waals surface area contributed by atoms with E-state index in [1.165, 1.54) is 19.3 Å². The van der Waals surface area contributed by atoms with Crippen molar-refractivity contribution in [2.24, 2.45) is 0 Å². The third kappa shape index (κ3) is 29.4. The average molecular weight is 989 g/mol. The van der Waals surface area contributed by atoms with Gasteiger partial charge in [0.1, 0.15) is 54.9 Å². The standard InChI is InChI=1S/C56H92O14/c1-3-5-7-9-11-13-15-17-18-19-20-21-22-23-24-25-26-27-28-30-32-34-36-38-40-65-42-45(68-48(58)39-37-35-33-31-29-16-14-12-10-8-6-4-2)43-66-55-54(64)52(62)50(60)47(70-55)44-67-56-53(63)51(61)49(59)46(41-57)69-56/h5,7,11-14,17-18,20-21,23-24,26-27,30,32,45-47,49-57,59-64H,3-4,6,8-10,15-16,19,22,25,28-29,31,33-44H2,1-2H3/b7-5-,13-11-,14-12-,18-17-,21-20-,24-23-,27-26-,32-30-. The number of esters is 1. The molecule has 2 aliphatic heterocycles. The Morgan fingerprint density at radius 2 is 0.929 bits per heavy atom. The molecule has 0 aromatic heterocycles. The number of aliphatic hydroxyl groups excluding tert-OH is 7. The third-order valence-electron chi connectivity index (χ3n) is 11.8. The molecule has 400 valence electrons. The fourth-order valence-corrected chi connectivity index (χ4v) is 7.55. The molecule has 2 saturated heterocycles. The second-order valence-electron chi connectivity index (χ2n) is 18.0. The minimum absolute atomic E-state index is 0.0217. The van der Waals surface area contributed by atoms with Gasteiger partial charge in [-0.3, -0.25) is 4.79 Å². The molecule has 2 rings (SSSR count). The first-order chi connectivity index (χ1) is 34.1. The summed E-state index contributed by atoms with van der Waals surface area (Å²) in [6.45, 7) is 3.39. The Balaban J connectivity index is 1.77. The summed E-state index contributed by atoms with van der Waals surface area (Å²) in [6.07, 6.45) is 39.1. The van der Waals surface area contributed by atoms with E-state index in [1.54, 1.807) is 0 Å². The van der Waals surface area contributed by atoms with Gasteiger partial charge in [-0.05, 0) is 96.3 Å². The molecule has 0 radical (unpaired) electrons. The predicted molar refractivity (Wildman–Crippen MR) is 274 cm³/mol. The van der Waals surface area contributed by atoms with Gasteiger partial charge in [0.25, 0.3) is 0 Å². The highest BCUT2D eigenvalue weighted by molar-refractivity contribution is 5.69. The van der Waals surface area contributed by atoms with Crippen LogP contribution in [0.4, 0.5) is 0 Å². The zero-order valence-corrected chi connectivity index (χ0v) is 42.5. The number of hydrogen-bond donors (Lipinski definition) is 7. The smallest absolute Gasteiger partial charge is 0.306 e. The van der Waals surface area contributed by atoms with Crippen molar-refractivity contribution in [3.63, 3.8) is 0 Å². The molecule has 11 unspecified atom stereocenters. The normalized spacial score (nSPS) is 26.3. The quantitative estimate of drug-likeness (QED) is 0.0175. The first-order valence-corrected chi connectivity index (χ1v) is 26.3. The number of hydrogen-bond acceptors (Lipinski definition) is 14. The minimum Gasteiger partial charge on any atom is -0.457 e. The maximum absolute atomic E-state index is 13.0. The van der Waals surface area contributed by atoms with Gasteiger partial charge in [0.15, 0.2) is 12.6 Å². The number of ether oxygens (including phenoxy) is 6. The molecule has 2 heterocycles. The first kappa shape index (κ1) is 63.0. The van der Waals surface area contributed by atoms with Gasteiger partial charge in [-0.25, -0.2) is 0 Å². The summed E-state index contributed by atoms with van der Waals surface area (Å²) in [5, 5.41) is 72.1. The summed E-state index contributed by atoms with van der Waals surface area (Å²) < 4.78 is 34.2. The van der Waals surface area contributed by atoms with Crippen LogP contribution in [0.1, 0.15) is 149 Å². The maximum Gasteiger partial charge on any atom is 0.306 e. The van der Waals surface area contributed by atoms with Crippen molar-refractivity contribution in [3.05, 3.63) is 97.2 Å². The molecule has 2 aliphatic rings. The molecular formula is C56H92O14. The van der Waals surface area contributed by atoms with Crippen LogP contribution in [-0.2, 0) is 33.2 Å². The molecule has 11 atom stereocenters. The van der Waals surface area contributed by atoms with Gasteiger partial charge in [0.2, 0.25) is 0 Å². The molecule has 7 N–H and O–H groups in total. The Morgan fingerprint density at radius 1 is 0.486 bits per heavy atom. The van der Waals surface area contributed by atoms with Crippen LogP contribution in [0.3, 0.4) is 0 Å². The molecule has 70 heavy (non-hydrogen) atoms. The van der Waals surface area contributed by atoms with E-state index in [0.29, 0.717) is 13.0 Å². The highest BCUT2D eigenvalue weighted by Crippen LogP contribution is 2.26. The summed E-state index contributed by atoms with van der Waals surface area (Å²) in [7, 11) is 0. The number of rotatable bonds is 40. The fraction of sp³-hybridized carbons (Fsp3) is 0.696. The SMILES string of the molecule is CC/C=C\C/C=C\C/C=C\C/C=C\C/C=C\C/C=C\C/C=C\CCCCOCC(COC1OC(COC2OC(CO)C(O)C(O)C2O)C(O)C(O)C1O)OC(=O)CCCCCCC/C=C\CCCCC. The van der Waals surface area contributed by atoms with E-state index in [2.05, 4.69) is 111 Å². The van der Waals surface area contributed by atoms with Crippen LogP contribution in [0, 0.1) is 0 Å². The third-order valence-corrected chi connectivity index (χ3v) is 11.8. The zero-order valence-electron chi connectivity index (χ0n) is 42.5. The summed E-state index contributed by atoms with van der Waals surface area (Å²) >= 11 is 0. The van der Waals surface area contributed by atoms with E-state index in [1.807, 2.05) is 0 Å². The van der Waals surface area contributed by atoms with Crippen LogP contribution in [0.2, 0.25) is 0 Å². The van der Waals surface area contributed by atoms with Crippen molar-refractivity contribution in [1.29, 1.82) is 0 Å². The van der Waals surface area contributed by atoms with E-state index >= 15 is 0 Å². The lowest BCUT2D eigenvalue weighted by Gasteiger charge is -2.42. The van der Waals surface area contributed by atoms with Crippen LogP contribution in [-0.4, -0.2) is 142 Å². The molecule has 0 amide bonds. The minimum atomic E-state index is -1.72. The van der Waals surface area contributed by atoms with Crippen molar-refractivity contribution in [2.75, 3.05) is 33.0 Å². The van der Waals surface area contributed by atoms with Crippen LogP contribution < -0.4 is 0 Å². The predicted octanol–water partition coefficient (Wildman–Crippen LogP) is 8.24. The van der Waals surface area contributed by atoms with Crippen LogP contribution in [0.15, 0.2) is 97.2 Å². The van der Waals surface area contributed by atoms with E-state index in [4.69, 9.17) is 28.4 Å². The van der Waals surface area contributed by atoms with Gasteiger partial charge in [-0.2, -0.15) is 0 Å². The summed E-state index contributed by atoms with van der Waals surface area (Å²) in [5.74, 6) is -0.407. The number of unbranched alkanes of at least 4 members (excludes halogenated alkanes) is 10. The Hall–Kier alpha value is -3.09. The highest BCUT2D eigenvalue weighted by atomic mass is 16.7. The summed E-state index contributed by atoms with van der Waals surface area (Å²) in [4.78, 5) is 13.0. The topological polar surface area (TPSA) is 214 Å². The van der Waals surface area contributed by atoms with E-state index in [0.717, 1.165) is 103 Å². The number of allylic oxidation sites excluding steroid dienone is 16. The van der Waals surface area contributed by atoms with Crippen LogP contribution >= 0.6 is 0 Å². The van der Waals surface area contributed by atoms with Gasteiger partial charge in [-0.1, -0.05) is 143 Å². The molecule has 14 heteroatoms. The summed E-state index contributed by atoms with van der Waals surface area (Å²) in [5.41, 5.74) is 0. The van der Waals surface area contributed by atoms with E-state index < -0.39 is 86.7 Å². The number of carbonyl (C=O) groups is 1. The molecule has 0 aliphatic carbocycles. The fourth-order valence-electron chi connectivity index (χ4n) is 7.55. The van der Waals surface area contributed by atoms with Gasteiger partial charge in [-0.15, -0.1) is 0 Å². The van der Waals surface area contributed by atoms with Gasteiger partial charge >= 0.3 is 5.97 Å². The second kappa shape index (κ2) is 42.4. The second-order valence-corrected chi connectivity index (χ2v) is 18.0. The van der Waals surface area contributed by atoms with E-state index in [-0.39, 0.29) is 19.6 Å². The number of carbonyl (C=O) groups excluding carboxylic acids is 1. The highest BCUT2D eigenvalue weighted by Gasteiger charge is 2.47. The molecular weight excluding hydrogens is 897 g/mol. The maximum atomic E-state index is 13.0. The van der Waals surface area contributed by atoms with Crippen molar-refractivity contribution < 1.29 is 69.0 Å². The van der Waals surface area contributed by atoms with Gasteiger partial charge in [0, 0.05) is 13.0 Å². The van der Waals surface area contributed by atoms with Crippen molar-refractivity contribution in [2.45, 2.75) is 216 Å². The Kier molecular flexibility index (Phi) is 38.2. The van der Waals surface area contributed by atoms with Crippen molar-refractivity contribution in [3.8, 4) is 0 Å². The monoisotopic (exact) mass is 989 g/mol.